The summed E-state index contributed by atoms with van der Waals surface area (Å²) < 4.78 is 2.15. The first-order valence-electron chi connectivity index (χ1n) is 6.73. The summed E-state index contributed by atoms with van der Waals surface area (Å²) in [6, 6.07) is 0.0691. The first kappa shape index (κ1) is 14.2. The second-order valence-electron chi connectivity index (χ2n) is 5.36. The minimum atomic E-state index is 0.0691. The first-order chi connectivity index (χ1) is 9.06. The Kier molecular flexibility index (Phi) is 4.71. The molecular formula is C14H22N4S. The minimum Gasteiger partial charge on any atom is -0.333 e. The Morgan fingerprint density at radius 2 is 2.21 bits per heavy atom. The van der Waals surface area contributed by atoms with E-state index >= 15 is 0 Å². The molecule has 0 aliphatic heterocycles. The van der Waals surface area contributed by atoms with E-state index in [1.807, 2.05) is 19.4 Å². The number of aryl methyl sites for hydroxylation is 3. The van der Waals surface area contributed by atoms with Crippen LogP contribution >= 0.6 is 11.3 Å². The smallest absolute Gasteiger partial charge is 0.0948 e. The summed E-state index contributed by atoms with van der Waals surface area (Å²) in [6.07, 6.45) is 5.68. The van der Waals surface area contributed by atoms with Crippen molar-refractivity contribution < 1.29 is 0 Å². The van der Waals surface area contributed by atoms with Crippen LogP contribution in [-0.2, 0) is 13.0 Å². The molecule has 104 valence electrons. The Labute approximate surface area is 118 Å². The molecule has 0 saturated heterocycles. The Balaban J connectivity index is 1.99. The SMILES string of the molecule is Cc1nc(CCn2cncc2C(N)CC(C)C)cs1. The van der Waals surface area contributed by atoms with Gasteiger partial charge in [0.25, 0.3) is 0 Å². The van der Waals surface area contributed by atoms with Gasteiger partial charge >= 0.3 is 0 Å². The fourth-order valence-electron chi connectivity index (χ4n) is 2.21. The molecule has 0 amide bonds. The number of nitrogens with zero attached hydrogens (tertiary/aromatic N) is 3. The van der Waals surface area contributed by atoms with E-state index in [1.165, 1.54) is 0 Å². The molecule has 2 aromatic rings. The third-order valence-corrected chi connectivity index (χ3v) is 3.95. The molecule has 1 unspecified atom stereocenters. The molecule has 0 aliphatic rings. The Morgan fingerprint density at radius 1 is 1.42 bits per heavy atom. The van der Waals surface area contributed by atoms with Crippen LogP contribution in [-0.4, -0.2) is 14.5 Å². The van der Waals surface area contributed by atoms with E-state index in [1.54, 1.807) is 11.3 Å². The van der Waals surface area contributed by atoms with Crippen molar-refractivity contribution in [2.24, 2.45) is 11.7 Å². The third kappa shape index (κ3) is 3.88. The molecule has 0 fully saturated rings. The maximum absolute atomic E-state index is 6.24. The van der Waals surface area contributed by atoms with Gasteiger partial charge in [-0.2, -0.15) is 0 Å². The summed E-state index contributed by atoms with van der Waals surface area (Å²) in [5.74, 6) is 0.597. The number of hydrogen-bond acceptors (Lipinski definition) is 4. The molecular weight excluding hydrogens is 256 g/mol. The van der Waals surface area contributed by atoms with E-state index < -0.39 is 0 Å². The predicted octanol–water partition coefficient (Wildman–Crippen LogP) is 2.94. The number of nitrogens with two attached hydrogens (primary N) is 1. The van der Waals surface area contributed by atoms with Crippen LogP contribution in [0.3, 0.4) is 0 Å². The van der Waals surface area contributed by atoms with Crippen LogP contribution in [0, 0.1) is 12.8 Å². The summed E-state index contributed by atoms with van der Waals surface area (Å²) in [5.41, 5.74) is 8.52. The maximum atomic E-state index is 6.24. The van der Waals surface area contributed by atoms with Crippen LogP contribution in [0.15, 0.2) is 17.9 Å². The fraction of sp³-hybridized carbons (Fsp3) is 0.571. The van der Waals surface area contributed by atoms with Crippen molar-refractivity contribution in [2.75, 3.05) is 0 Å². The molecule has 2 N–H and O–H groups in total. The van der Waals surface area contributed by atoms with Crippen LogP contribution in [0.1, 0.15) is 42.7 Å². The van der Waals surface area contributed by atoms with Crippen LogP contribution in [0.25, 0.3) is 0 Å². The molecule has 0 aromatic carbocycles. The lowest BCUT2D eigenvalue weighted by Crippen LogP contribution is -2.17. The van der Waals surface area contributed by atoms with Crippen molar-refractivity contribution in [1.29, 1.82) is 0 Å². The van der Waals surface area contributed by atoms with Crippen LogP contribution in [0.2, 0.25) is 0 Å². The van der Waals surface area contributed by atoms with Gasteiger partial charge in [0.05, 0.1) is 22.7 Å². The van der Waals surface area contributed by atoms with Crippen LogP contribution in [0.5, 0.6) is 0 Å². The minimum absolute atomic E-state index is 0.0691. The van der Waals surface area contributed by atoms with Crippen molar-refractivity contribution in [3.8, 4) is 0 Å². The second kappa shape index (κ2) is 6.30. The lowest BCUT2D eigenvalue weighted by atomic mass is 10.0. The molecule has 4 nitrogen and oxygen atoms in total. The van der Waals surface area contributed by atoms with Gasteiger partial charge in [-0.3, -0.25) is 0 Å². The Hall–Kier alpha value is -1.20. The van der Waals surface area contributed by atoms with Gasteiger partial charge in [0, 0.05) is 30.6 Å². The molecule has 0 aliphatic carbocycles. The molecule has 1 atom stereocenters. The molecule has 2 rings (SSSR count). The average molecular weight is 278 g/mol. The lowest BCUT2D eigenvalue weighted by molar-refractivity contribution is 0.483. The quantitative estimate of drug-likeness (QED) is 0.884. The normalized spacial score (nSPS) is 13.1. The monoisotopic (exact) mass is 278 g/mol. The summed E-state index contributed by atoms with van der Waals surface area (Å²) in [5, 5.41) is 3.25. The average Bonchev–Trinajstić information content (AvgIpc) is 2.93. The van der Waals surface area contributed by atoms with Gasteiger partial charge in [-0.1, -0.05) is 13.8 Å². The maximum Gasteiger partial charge on any atom is 0.0948 e. The third-order valence-electron chi connectivity index (χ3n) is 3.13. The van der Waals surface area contributed by atoms with Crippen molar-refractivity contribution in [3.63, 3.8) is 0 Å². The van der Waals surface area contributed by atoms with Crippen molar-refractivity contribution >= 4 is 11.3 Å². The summed E-state index contributed by atoms with van der Waals surface area (Å²) in [4.78, 5) is 8.72. The van der Waals surface area contributed by atoms with E-state index in [9.17, 15) is 0 Å². The van der Waals surface area contributed by atoms with Gasteiger partial charge in [-0.15, -0.1) is 11.3 Å². The molecule has 0 radical (unpaired) electrons. The molecule has 19 heavy (non-hydrogen) atoms. The largest absolute Gasteiger partial charge is 0.333 e. The Morgan fingerprint density at radius 3 is 2.84 bits per heavy atom. The number of hydrogen-bond donors (Lipinski definition) is 1. The van der Waals surface area contributed by atoms with E-state index in [4.69, 9.17) is 5.73 Å². The zero-order valence-corrected chi connectivity index (χ0v) is 12.7. The number of aromatic nitrogens is 3. The van der Waals surface area contributed by atoms with E-state index in [2.05, 4.69) is 33.8 Å². The van der Waals surface area contributed by atoms with Gasteiger partial charge in [-0.05, 0) is 19.3 Å². The summed E-state index contributed by atoms with van der Waals surface area (Å²) in [7, 11) is 0. The van der Waals surface area contributed by atoms with Crippen molar-refractivity contribution in [1.82, 2.24) is 14.5 Å². The van der Waals surface area contributed by atoms with E-state index in [0.29, 0.717) is 5.92 Å². The first-order valence-corrected chi connectivity index (χ1v) is 7.61. The second-order valence-corrected chi connectivity index (χ2v) is 6.42. The zero-order chi connectivity index (χ0) is 13.8. The van der Waals surface area contributed by atoms with Gasteiger partial charge in [0.15, 0.2) is 0 Å². The van der Waals surface area contributed by atoms with Crippen LogP contribution < -0.4 is 5.73 Å². The molecule has 2 aromatic heterocycles. The molecule has 0 saturated carbocycles. The fourth-order valence-corrected chi connectivity index (χ4v) is 2.86. The van der Waals surface area contributed by atoms with Gasteiger partial charge in [-0.25, -0.2) is 9.97 Å². The summed E-state index contributed by atoms with van der Waals surface area (Å²) in [6.45, 7) is 7.32. The molecule has 2 heterocycles. The molecule has 5 heteroatoms. The topological polar surface area (TPSA) is 56.7 Å². The Bertz CT molecular complexity index is 515. The highest BCUT2D eigenvalue weighted by Gasteiger charge is 2.13. The number of rotatable bonds is 6. The number of imidazole rings is 1. The predicted molar refractivity (Wildman–Crippen MR) is 79.2 cm³/mol. The molecule has 0 spiro atoms. The standard InChI is InChI=1S/C14H22N4S/c1-10(2)6-13(15)14-7-16-9-18(14)5-4-12-8-19-11(3)17-12/h7-10,13H,4-6,15H2,1-3H3. The van der Waals surface area contributed by atoms with Crippen molar-refractivity contribution in [3.05, 3.63) is 34.3 Å². The van der Waals surface area contributed by atoms with E-state index in [-0.39, 0.29) is 6.04 Å². The summed E-state index contributed by atoms with van der Waals surface area (Å²) >= 11 is 1.70. The van der Waals surface area contributed by atoms with E-state index in [0.717, 1.165) is 35.8 Å². The number of thiazole rings is 1. The zero-order valence-electron chi connectivity index (χ0n) is 11.8. The molecule has 0 bridgehead atoms. The van der Waals surface area contributed by atoms with Gasteiger partial charge < -0.3 is 10.3 Å². The van der Waals surface area contributed by atoms with Gasteiger partial charge in [0.2, 0.25) is 0 Å². The highest BCUT2D eigenvalue weighted by molar-refractivity contribution is 7.09. The van der Waals surface area contributed by atoms with Crippen LogP contribution in [0.4, 0.5) is 0 Å². The highest BCUT2D eigenvalue weighted by Crippen LogP contribution is 2.19. The lowest BCUT2D eigenvalue weighted by Gasteiger charge is -2.16. The highest BCUT2D eigenvalue weighted by atomic mass is 32.1. The van der Waals surface area contributed by atoms with Crippen molar-refractivity contribution in [2.45, 2.75) is 46.2 Å². The van der Waals surface area contributed by atoms with Gasteiger partial charge in [0.1, 0.15) is 0 Å².